The number of nitrogens with zero attached hydrogens (tertiary/aromatic N) is 1. The van der Waals surface area contributed by atoms with Gasteiger partial charge in [0.25, 0.3) is 0 Å². The molecule has 2 heterocycles. The Morgan fingerprint density at radius 3 is 2.65 bits per heavy atom. The summed E-state index contributed by atoms with van der Waals surface area (Å²) >= 11 is 0. The van der Waals surface area contributed by atoms with Crippen molar-refractivity contribution in [3.63, 3.8) is 0 Å². The zero-order chi connectivity index (χ0) is 14.3. The van der Waals surface area contributed by atoms with E-state index in [4.69, 9.17) is 2.74 Å². The summed E-state index contributed by atoms with van der Waals surface area (Å²) in [6, 6.07) is 0. The van der Waals surface area contributed by atoms with E-state index in [1.165, 1.54) is 0 Å². The molecule has 0 aromatic heterocycles. The van der Waals surface area contributed by atoms with Crippen LogP contribution >= 0.6 is 0 Å². The molecular formula is C15H26FN. The Labute approximate surface area is 108 Å². The van der Waals surface area contributed by atoms with Crippen molar-refractivity contribution < 1.29 is 7.13 Å². The lowest BCUT2D eigenvalue weighted by Gasteiger charge is -2.44. The Kier molecular flexibility index (Phi) is 1.87. The number of hydrogen-bond donors (Lipinski definition) is 0. The summed E-state index contributed by atoms with van der Waals surface area (Å²) < 4.78 is 31.3. The molecule has 2 aliphatic heterocycles. The van der Waals surface area contributed by atoms with Crippen LogP contribution in [0.1, 0.15) is 56.1 Å². The number of rotatable bonds is 2. The maximum Gasteiger partial charge on any atom is 0.108 e. The first kappa shape index (κ1) is 9.77. The van der Waals surface area contributed by atoms with E-state index in [0.717, 1.165) is 19.5 Å². The third-order valence-corrected chi connectivity index (χ3v) is 5.40. The molecule has 0 radical (unpaired) electrons. The summed E-state index contributed by atoms with van der Waals surface area (Å²) in [6.45, 7) is 9.99. The highest BCUT2D eigenvalue weighted by Crippen LogP contribution is 2.67. The van der Waals surface area contributed by atoms with Gasteiger partial charge >= 0.3 is 0 Å². The van der Waals surface area contributed by atoms with E-state index in [-0.39, 0.29) is 16.7 Å². The van der Waals surface area contributed by atoms with Crippen molar-refractivity contribution in [2.24, 2.45) is 16.7 Å². The van der Waals surface area contributed by atoms with Crippen molar-refractivity contribution in [3.8, 4) is 0 Å². The third-order valence-electron chi connectivity index (χ3n) is 5.40. The van der Waals surface area contributed by atoms with E-state index in [1.807, 2.05) is 13.8 Å². The minimum Gasteiger partial charge on any atom is -0.296 e. The maximum absolute atomic E-state index is 13.8. The fourth-order valence-corrected chi connectivity index (χ4v) is 4.21. The van der Waals surface area contributed by atoms with Gasteiger partial charge in [-0.05, 0) is 43.5 Å². The fourth-order valence-electron chi connectivity index (χ4n) is 4.21. The Hall–Kier alpha value is -0.110. The van der Waals surface area contributed by atoms with E-state index in [1.54, 1.807) is 0 Å². The van der Waals surface area contributed by atoms with Gasteiger partial charge in [-0.25, -0.2) is 4.39 Å². The Balaban J connectivity index is 2.07. The molecule has 0 aromatic carbocycles. The molecule has 0 bridgehead atoms. The molecule has 0 unspecified atom stereocenters. The number of hydrogen-bond acceptors (Lipinski definition) is 1. The van der Waals surface area contributed by atoms with Gasteiger partial charge in [0.1, 0.15) is 6.17 Å². The average molecular weight is 241 g/mol. The van der Waals surface area contributed by atoms with Crippen molar-refractivity contribution in [1.29, 1.82) is 0 Å². The van der Waals surface area contributed by atoms with Crippen LogP contribution in [0.15, 0.2) is 0 Å². The van der Waals surface area contributed by atoms with Gasteiger partial charge in [-0.2, -0.15) is 0 Å². The highest BCUT2D eigenvalue weighted by atomic mass is 19.1. The van der Waals surface area contributed by atoms with Crippen LogP contribution in [0.25, 0.3) is 0 Å². The minimum absolute atomic E-state index is 0.0423. The number of alkyl halides is 1. The SMILES string of the molecule is [2H]C([2H])(C(C)C)[C@]12C[C@@]3(C[C@@H]3F)CN1CCC2(C)C. The quantitative estimate of drug-likeness (QED) is 0.713. The Morgan fingerprint density at radius 1 is 1.47 bits per heavy atom. The Morgan fingerprint density at radius 2 is 2.12 bits per heavy atom. The topological polar surface area (TPSA) is 3.24 Å². The molecule has 0 aromatic rings. The van der Waals surface area contributed by atoms with E-state index >= 15 is 0 Å². The molecule has 0 N–H and O–H groups in total. The summed E-state index contributed by atoms with van der Waals surface area (Å²) in [6.07, 6.45) is 0.411. The minimum atomic E-state index is -1.27. The molecule has 3 fully saturated rings. The van der Waals surface area contributed by atoms with Crippen LogP contribution in [-0.4, -0.2) is 29.7 Å². The van der Waals surface area contributed by atoms with Gasteiger partial charge < -0.3 is 0 Å². The summed E-state index contributed by atoms with van der Waals surface area (Å²) in [4.78, 5) is 2.30. The molecular weight excluding hydrogens is 213 g/mol. The van der Waals surface area contributed by atoms with Gasteiger partial charge in [0.15, 0.2) is 0 Å². The number of halogens is 1. The summed E-state index contributed by atoms with van der Waals surface area (Å²) in [7, 11) is 0. The Bertz CT molecular complexity index is 409. The summed E-state index contributed by atoms with van der Waals surface area (Å²) in [5, 5.41) is 0. The monoisotopic (exact) mass is 241 g/mol. The molecule has 17 heavy (non-hydrogen) atoms. The van der Waals surface area contributed by atoms with E-state index in [9.17, 15) is 4.39 Å². The lowest BCUT2D eigenvalue weighted by Crippen LogP contribution is -2.48. The first-order chi connectivity index (χ1) is 8.59. The largest absolute Gasteiger partial charge is 0.296 e. The van der Waals surface area contributed by atoms with Gasteiger partial charge in [-0.3, -0.25) is 4.90 Å². The second-order valence-electron chi connectivity index (χ2n) is 7.43. The van der Waals surface area contributed by atoms with Gasteiger partial charge in [-0.1, -0.05) is 27.7 Å². The molecule has 1 aliphatic carbocycles. The summed E-state index contributed by atoms with van der Waals surface area (Å²) in [5.41, 5.74) is -0.776. The van der Waals surface area contributed by atoms with Crippen LogP contribution in [0, 0.1) is 16.7 Å². The third kappa shape index (κ3) is 1.46. The van der Waals surface area contributed by atoms with Gasteiger partial charge in [-0.15, -0.1) is 0 Å². The van der Waals surface area contributed by atoms with Crippen molar-refractivity contribution >= 4 is 0 Å². The normalized spacial score (nSPS) is 50.6. The summed E-state index contributed by atoms with van der Waals surface area (Å²) in [5.74, 6) is -0.0423. The molecule has 98 valence electrons. The molecule has 0 amide bonds. The predicted octanol–water partition coefficient (Wildman–Crippen LogP) is 3.64. The predicted molar refractivity (Wildman–Crippen MR) is 68.7 cm³/mol. The lowest BCUT2D eigenvalue weighted by molar-refractivity contribution is 0.0691. The van der Waals surface area contributed by atoms with Crippen LogP contribution < -0.4 is 0 Å². The first-order valence-corrected chi connectivity index (χ1v) is 6.98. The van der Waals surface area contributed by atoms with Crippen LogP contribution in [0.5, 0.6) is 0 Å². The zero-order valence-electron chi connectivity index (χ0n) is 13.5. The lowest BCUT2D eigenvalue weighted by atomic mass is 9.66. The average Bonchev–Trinajstić information content (AvgIpc) is 2.66. The molecule has 1 nitrogen and oxygen atoms in total. The van der Waals surface area contributed by atoms with Crippen LogP contribution in [-0.2, 0) is 0 Å². The first-order valence-electron chi connectivity index (χ1n) is 7.98. The highest BCUT2D eigenvalue weighted by Gasteiger charge is 2.70. The van der Waals surface area contributed by atoms with E-state index < -0.39 is 18.1 Å². The standard InChI is InChI=1S/C15H26FN/c1-11(2)7-15-9-14(8-12(14)16)10-17(15)6-5-13(15,3)4/h11-12H,5-10H2,1-4H3/t12-,14-,15+/m0/s1/i7D2. The molecule has 1 spiro atoms. The molecule has 2 saturated heterocycles. The molecule has 1 saturated carbocycles. The smallest absolute Gasteiger partial charge is 0.108 e. The van der Waals surface area contributed by atoms with Gasteiger partial charge in [0, 0.05) is 20.2 Å². The van der Waals surface area contributed by atoms with Crippen molar-refractivity contribution in [2.45, 2.75) is 65.0 Å². The number of fused-ring (bicyclic) bond motifs is 1. The van der Waals surface area contributed by atoms with Crippen molar-refractivity contribution in [1.82, 2.24) is 4.90 Å². The van der Waals surface area contributed by atoms with Crippen LogP contribution in [0.2, 0.25) is 0 Å². The molecule has 3 atom stereocenters. The van der Waals surface area contributed by atoms with E-state index in [0.29, 0.717) is 12.8 Å². The molecule has 3 rings (SSSR count). The van der Waals surface area contributed by atoms with E-state index in [2.05, 4.69) is 18.7 Å². The van der Waals surface area contributed by atoms with Crippen molar-refractivity contribution in [2.75, 3.05) is 13.1 Å². The highest BCUT2D eigenvalue weighted by molar-refractivity contribution is 5.22. The molecule has 2 heteroatoms. The second kappa shape index (κ2) is 3.26. The van der Waals surface area contributed by atoms with Crippen LogP contribution in [0.4, 0.5) is 4.39 Å². The van der Waals surface area contributed by atoms with Crippen LogP contribution in [0.3, 0.4) is 0 Å². The second-order valence-corrected chi connectivity index (χ2v) is 7.43. The molecule has 3 aliphatic rings. The maximum atomic E-state index is 13.8. The van der Waals surface area contributed by atoms with Gasteiger partial charge in [0.2, 0.25) is 0 Å². The fraction of sp³-hybridized carbons (Fsp3) is 1.00. The zero-order valence-corrected chi connectivity index (χ0v) is 11.5. The van der Waals surface area contributed by atoms with Gasteiger partial charge in [0.05, 0.1) is 0 Å². The van der Waals surface area contributed by atoms with Crippen molar-refractivity contribution in [3.05, 3.63) is 0 Å².